The number of nitrogens with one attached hydrogen (secondary N) is 2. The molecular weight excluding hydrogens is 276 g/mol. The van der Waals surface area contributed by atoms with Gasteiger partial charge in [0.15, 0.2) is 0 Å². The van der Waals surface area contributed by atoms with Crippen LogP contribution in [0.2, 0.25) is 0 Å². The van der Waals surface area contributed by atoms with Gasteiger partial charge < -0.3 is 4.74 Å². The van der Waals surface area contributed by atoms with E-state index in [0.29, 0.717) is 13.2 Å². The van der Waals surface area contributed by atoms with Gasteiger partial charge in [-0.15, -0.1) is 0 Å². The van der Waals surface area contributed by atoms with Crippen LogP contribution in [0.4, 0.5) is 0 Å². The maximum absolute atomic E-state index is 11.7. The molecule has 0 unspecified atom stereocenters. The molecule has 114 valence electrons. The van der Waals surface area contributed by atoms with Crippen LogP contribution in [-0.4, -0.2) is 19.1 Å². The average Bonchev–Trinajstić information content (AvgIpc) is 2.93. The maximum Gasteiger partial charge on any atom is 0.262 e. The third kappa shape index (κ3) is 3.12. The van der Waals surface area contributed by atoms with E-state index < -0.39 is 0 Å². The topological polar surface area (TPSA) is 50.4 Å². The zero-order valence-electron chi connectivity index (χ0n) is 12.7. The van der Waals surface area contributed by atoms with E-state index >= 15 is 0 Å². The minimum Gasteiger partial charge on any atom is -0.494 e. The monoisotopic (exact) mass is 296 g/mol. The molecule has 2 aromatic rings. The number of unbranched alkanes of at least 4 members (excludes halogenated alkanes) is 1. The van der Waals surface area contributed by atoms with Gasteiger partial charge in [0.2, 0.25) is 0 Å². The van der Waals surface area contributed by atoms with Crippen LogP contribution < -0.4 is 15.6 Å². The van der Waals surface area contributed by atoms with E-state index in [-0.39, 0.29) is 5.91 Å². The van der Waals surface area contributed by atoms with E-state index in [1.54, 1.807) is 0 Å². The van der Waals surface area contributed by atoms with Gasteiger partial charge in [0.05, 0.1) is 6.61 Å². The first-order valence-corrected chi connectivity index (χ1v) is 7.67. The van der Waals surface area contributed by atoms with Crippen LogP contribution in [0.25, 0.3) is 16.8 Å². The van der Waals surface area contributed by atoms with E-state index in [9.17, 15) is 4.79 Å². The number of ether oxygens (including phenoxy) is 1. The molecule has 2 aromatic carbocycles. The lowest BCUT2D eigenvalue weighted by Crippen LogP contribution is -2.25. The SMILES string of the molecule is CCCCOc1cc(/C=C2\CNNC2=O)c2ccccc2c1. The second-order valence-electron chi connectivity index (χ2n) is 5.41. The van der Waals surface area contributed by atoms with Crippen LogP contribution in [0.15, 0.2) is 42.0 Å². The molecule has 1 heterocycles. The van der Waals surface area contributed by atoms with Gasteiger partial charge in [-0.1, -0.05) is 37.6 Å². The van der Waals surface area contributed by atoms with E-state index in [4.69, 9.17) is 4.74 Å². The second-order valence-corrected chi connectivity index (χ2v) is 5.41. The predicted octanol–water partition coefficient (Wildman–Crippen LogP) is 3.04. The Balaban J connectivity index is 2.00. The lowest BCUT2D eigenvalue weighted by molar-refractivity contribution is -0.116. The molecule has 0 spiro atoms. The Morgan fingerprint density at radius 3 is 2.91 bits per heavy atom. The molecule has 3 rings (SSSR count). The molecule has 4 heteroatoms. The van der Waals surface area contributed by atoms with Crippen LogP contribution in [-0.2, 0) is 4.79 Å². The van der Waals surface area contributed by atoms with Gasteiger partial charge >= 0.3 is 0 Å². The van der Waals surface area contributed by atoms with Gasteiger partial charge in [-0.2, -0.15) is 0 Å². The highest BCUT2D eigenvalue weighted by molar-refractivity contribution is 6.02. The minimum atomic E-state index is -0.0682. The van der Waals surface area contributed by atoms with Gasteiger partial charge in [0, 0.05) is 12.1 Å². The molecular formula is C18H20N2O2. The fourth-order valence-electron chi connectivity index (χ4n) is 2.53. The van der Waals surface area contributed by atoms with Gasteiger partial charge in [0.1, 0.15) is 5.75 Å². The van der Waals surface area contributed by atoms with Gasteiger partial charge in [-0.05, 0) is 41.0 Å². The van der Waals surface area contributed by atoms with Crippen molar-refractivity contribution >= 4 is 22.8 Å². The number of rotatable bonds is 5. The van der Waals surface area contributed by atoms with Crippen molar-refractivity contribution in [3.05, 3.63) is 47.5 Å². The molecule has 1 aliphatic rings. The van der Waals surface area contributed by atoms with Crippen molar-refractivity contribution in [1.29, 1.82) is 0 Å². The summed E-state index contributed by atoms with van der Waals surface area (Å²) < 4.78 is 5.84. The van der Waals surface area contributed by atoms with Gasteiger partial charge in [-0.25, -0.2) is 5.43 Å². The summed E-state index contributed by atoms with van der Waals surface area (Å²) in [6.45, 7) is 3.40. The molecule has 0 aromatic heterocycles. The molecule has 0 atom stereocenters. The Hall–Kier alpha value is -2.33. The quantitative estimate of drug-likeness (QED) is 0.658. The lowest BCUT2D eigenvalue weighted by atomic mass is 10.0. The zero-order valence-corrected chi connectivity index (χ0v) is 12.7. The summed E-state index contributed by atoms with van der Waals surface area (Å²) in [7, 11) is 0. The van der Waals surface area contributed by atoms with Crippen molar-refractivity contribution in [3.63, 3.8) is 0 Å². The number of hydrogen-bond donors (Lipinski definition) is 2. The van der Waals surface area contributed by atoms with Crippen molar-refractivity contribution in [2.45, 2.75) is 19.8 Å². The molecule has 1 fully saturated rings. The first kappa shape index (κ1) is 14.6. The van der Waals surface area contributed by atoms with Crippen LogP contribution in [0.5, 0.6) is 5.75 Å². The van der Waals surface area contributed by atoms with Gasteiger partial charge in [0.25, 0.3) is 5.91 Å². The normalized spacial score (nSPS) is 16.2. The van der Waals surface area contributed by atoms with Gasteiger partial charge in [-0.3, -0.25) is 10.2 Å². The molecule has 0 bridgehead atoms. The highest BCUT2D eigenvalue weighted by Gasteiger charge is 2.16. The number of fused-ring (bicyclic) bond motifs is 1. The Bertz CT molecular complexity index is 722. The van der Waals surface area contributed by atoms with E-state index in [1.807, 2.05) is 24.3 Å². The fourth-order valence-corrected chi connectivity index (χ4v) is 2.53. The Morgan fingerprint density at radius 1 is 1.27 bits per heavy atom. The molecule has 0 radical (unpaired) electrons. The summed E-state index contributed by atoms with van der Waals surface area (Å²) in [4.78, 5) is 11.7. The number of amides is 1. The summed E-state index contributed by atoms with van der Waals surface area (Å²) in [5, 5.41) is 2.24. The van der Waals surface area contributed by atoms with Crippen molar-refractivity contribution < 1.29 is 9.53 Å². The summed E-state index contributed by atoms with van der Waals surface area (Å²) in [5.41, 5.74) is 7.20. The maximum atomic E-state index is 11.7. The van der Waals surface area contributed by atoms with Crippen LogP contribution >= 0.6 is 0 Å². The van der Waals surface area contributed by atoms with E-state index in [0.717, 1.165) is 40.5 Å². The molecule has 1 saturated heterocycles. The molecule has 1 aliphatic heterocycles. The standard InChI is InChI=1S/C18H20N2O2/c1-2-3-8-22-16-10-13-6-4-5-7-17(13)14(11-16)9-15-12-19-20-18(15)21/h4-7,9-11,19H,2-3,8,12H2,1H3,(H,20,21)/b15-9+. The van der Waals surface area contributed by atoms with Crippen LogP contribution in [0.3, 0.4) is 0 Å². The third-order valence-corrected chi connectivity index (χ3v) is 3.74. The lowest BCUT2D eigenvalue weighted by Gasteiger charge is -2.10. The number of carbonyl (C=O) groups is 1. The molecule has 2 N–H and O–H groups in total. The minimum absolute atomic E-state index is 0.0682. The average molecular weight is 296 g/mol. The van der Waals surface area contributed by atoms with Crippen LogP contribution in [0.1, 0.15) is 25.3 Å². The summed E-state index contributed by atoms with van der Waals surface area (Å²) in [6.07, 6.45) is 4.08. The third-order valence-electron chi connectivity index (χ3n) is 3.74. The first-order valence-electron chi connectivity index (χ1n) is 7.67. The first-order chi connectivity index (χ1) is 10.8. The Kier molecular flexibility index (Phi) is 4.39. The summed E-state index contributed by atoms with van der Waals surface area (Å²) in [6, 6.07) is 12.2. The van der Waals surface area contributed by atoms with Crippen LogP contribution in [0, 0.1) is 0 Å². The van der Waals surface area contributed by atoms with Crippen molar-refractivity contribution in [2.24, 2.45) is 0 Å². The smallest absolute Gasteiger partial charge is 0.262 e. The predicted molar refractivity (Wildman–Crippen MR) is 88.5 cm³/mol. The second kappa shape index (κ2) is 6.62. The van der Waals surface area contributed by atoms with Crippen molar-refractivity contribution in [2.75, 3.05) is 13.2 Å². The fraction of sp³-hybridized carbons (Fsp3) is 0.278. The number of hydrogen-bond acceptors (Lipinski definition) is 3. The highest BCUT2D eigenvalue weighted by Crippen LogP contribution is 2.27. The largest absolute Gasteiger partial charge is 0.494 e. The number of benzene rings is 2. The summed E-state index contributed by atoms with van der Waals surface area (Å²) >= 11 is 0. The highest BCUT2D eigenvalue weighted by atomic mass is 16.5. The molecule has 0 aliphatic carbocycles. The van der Waals surface area contributed by atoms with Crippen molar-refractivity contribution in [1.82, 2.24) is 10.9 Å². The number of carbonyl (C=O) groups excluding carboxylic acids is 1. The molecule has 4 nitrogen and oxygen atoms in total. The Labute approximate surface area is 130 Å². The molecule has 22 heavy (non-hydrogen) atoms. The van der Waals surface area contributed by atoms with Crippen molar-refractivity contribution in [3.8, 4) is 5.75 Å². The molecule has 0 saturated carbocycles. The number of hydrazine groups is 1. The molecule has 1 amide bonds. The van der Waals surface area contributed by atoms with E-state index in [2.05, 4.69) is 36.0 Å². The van der Waals surface area contributed by atoms with E-state index in [1.165, 1.54) is 0 Å². The Morgan fingerprint density at radius 2 is 2.14 bits per heavy atom. The summed E-state index contributed by atoms with van der Waals surface area (Å²) in [5.74, 6) is 0.784. The zero-order chi connectivity index (χ0) is 15.4.